The van der Waals surface area contributed by atoms with Crippen LogP contribution in [0.5, 0.6) is 5.75 Å². The van der Waals surface area contributed by atoms with E-state index in [1.807, 2.05) is 0 Å². The normalized spacial score (nSPS) is 12.8. The number of carbonyl (C=O) groups excluding carboxylic acids is 2. The van der Waals surface area contributed by atoms with Crippen LogP contribution in [-0.4, -0.2) is 35.5 Å². The SMILES string of the molecule is C[C@H](/C=C/C(=O)NO)[C@H](OC(=O)Nc1ccc(Br)cc1)c1ccccc1OCCO. The molecule has 0 aliphatic heterocycles. The summed E-state index contributed by atoms with van der Waals surface area (Å²) in [6.45, 7) is 1.66. The zero-order chi connectivity index (χ0) is 21.9. The predicted molar refractivity (Wildman–Crippen MR) is 114 cm³/mol. The third-order valence-electron chi connectivity index (χ3n) is 4.04. The summed E-state index contributed by atoms with van der Waals surface area (Å²) in [4.78, 5) is 23.9. The van der Waals surface area contributed by atoms with Crippen LogP contribution in [0.2, 0.25) is 0 Å². The largest absolute Gasteiger partial charge is 0.491 e. The molecule has 0 aliphatic carbocycles. The van der Waals surface area contributed by atoms with Crippen molar-refractivity contribution in [3.8, 4) is 5.75 Å². The molecule has 0 aliphatic rings. The van der Waals surface area contributed by atoms with Gasteiger partial charge in [0.05, 0.1) is 6.61 Å². The maximum absolute atomic E-state index is 12.5. The molecule has 0 saturated carbocycles. The number of hydrogen-bond donors (Lipinski definition) is 4. The summed E-state index contributed by atoms with van der Waals surface area (Å²) in [5.41, 5.74) is 2.63. The number of halogens is 1. The fourth-order valence-electron chi connectivity index (χ4n) is 2.63. The molecule has 2 aromatic rings. The monoisotopic (exact) mass is 478 g/mol. The Balaban J connectivity index is 2.27. The third-order valence-corrected chi connectivity index (χ3v) is 4.57. The smallest absolute Gasteiger partial charge is 0.412 e. The van der Waals surface area contributed by atoms with Crippen LogP contribution in [0.15, 0.2) is 65.2 Å². The van der Waals surface area contributed by atoms with Gasteiger partial charge in [0.2, 0.25) is 0 Å². The van der Waals surface area contributed by atoms with Crippen molar-refractivity contribution in [1.82, 2.24) is 5.48 Å². The number of anilines is 1. The maximum atomic E-state index is 12.5. The number of aliphatic hydroxyl groups excluding tert-OH is 1. The van der Waals surface area contributed by atoms with Crippen LogP contribution in [-0.2, 0) is 9.53 Å². The lowest BCUT2D eigenvalue weighted by molar-refractivity contribution is -0.124. The van der Waals surface area contributed by atoms with Gasteiger partial charge in [-0.25, -0.2) is 10.3 Å². The number of hydroxylamine groups is 1. The summed E-state index contributed by atoms with van der Waals surface area (Å²) in [7, 11) is 0. The highest BCUT2D eigenvalue weighted by atomic mass is 79.9. The van der Waals surface area contributed by atoms with Crippen molar-refractivity contribution in [2.45, 2.75) is 13.0 Å². The van der Waals surface area contributed by atoms with Gasteiger partial charge in [-0.15, -0.1) is 0 Å². The van der Waals surface area contributed by atoms with Gasteiger partial charge in [0.25, 0.3) is 5.91 Å². The van der Waals surface area contributed by atoms with Gasteiger partial charge in [0, 0.05) is 27.7 Å². The minimum absolute atomic E-state index is 0.0754. The molecule has 4 N–H and O–H groups in total. The zero-order valence-electron chi connectivity index (χ0n) is 16.2. The summed E-state index contributed by atoms with van der Waals surface area (Å²) in [5, 5.41) is 20.4. The van der Waals surface area contributed by atoms with E-state index in [2.05, 4.69) is 21.2 Å². The van der Waals surface area contributed by atoms with E-state index < -0.39 is 24.0 Å². The number of amides is 2. The average molecular weight is 479 g/mol. The van der Waals surface area contributed by atoms with Gasteiger partial charge in [-0.05, 0) is 30.3 Å². The lowest BCUT2D eigenvalue weighted by Crippen LogP contribution is -2.22. The average Bonchev–Trinajstić information content (AvgIpc) is 2.76. The van der Waals surface area contributed by atoms with Gasteiger partial charge >= 0.3 is 6.09 Å². The first-order valence-corrected chi connectivity index (χ1v) is 9.92. The lowest BCUT2D eigenvalue weighted by atomic mass is 9.96. The van der Waals surface area contributed by atoms with Gasteiger partial charge in [-0.1, -0.05) is 47.1 Å². The molecule has 0 saturated heterocycles. The lowest BCUT2D eigenvalue weighted by Gasteiger charge is -2.24. The van der Waals surface area contributed by atoms with Crippen molar-refractivity contribution < 1.29 is 29.4 Å². The number of aliphatic hydroxyl groups is 1. The molecule has 30 heavy (non-hydrogen) atoms. The minimum Gasteiger partial charge on any atom is -0.491 e. The van der Waals surface area contributed by atoms with Crippen molar-refractivity contribution in [2.75, 3.05) is 18.5 Å². The molecule has 8 nitrogen and oxygen atoms in total. The molecule has 0 bridgehead atoms. The molecule has 0 heterocycles. The van der Waals surface area contributed by atoms with Crippen molar-refractivity contribution >= 4 is 33.6 Å². The second-order valence-corrected chi connectivity index (χ2v) is 7.18. The number of hydrogen-bond acceptors (Lipinski definition) is 6. The molecule has 2 amide bonds. The molecule has 2 aromatic carbocycles. The van der Waals surface area contributed by atoms with Crippen molar-refractivity contribution in [3.05, 3.63) is 70.7 Å². The van der Waals surface area contributed by atoms with E-state index in [4.69, 9.17) is 19.8 Å². The Kier molecular flexibility index (Phi) is 9.33. The van der Waals surface area contributed by atoms with Gasteiger partial charge in [-0.2, -0.15) is 0 Å². The van der Waals surface area contributed by atoms with Crippen LogP contribution in [0.1, 0.15) is 18.6 Å². The number of benzene rings is 2. The van der Waals surface area contributed by atoms with E-state index in [1.165, 1.54) is 11.6 Å². The van der Waals surface area contributed by atoms with Crippen LogP contribution in [0.4, 0.5) is 10.5 Å². The molecule has 0 radical (unpaired) electrons. The number of ether oxygens (including phenoxy) is 2. The highest BCUT2D eigenvalue weighted by Gasteiger charge is 2.25. The minimum atomic E-state index is -0.807. The maximum Gasteiger partial charge on any atom is 0.412 e. The molecule has 0 unspecified atom stereocenters. The number of para-hydroxylation sites is 1. The molecule has 0 aromatic heterocycles. The Morgan fingerprint density at radius 1 is 1.17 bits per heavy atom. The molecular weight excluding hydrogens is 456 g/mol. The van der Waals surface area contributed by atoms with E-state index in [1.54, 1.807) is 55.5 Å². The first kappa shape index (κ1) is 23.4. The fraction of sp³-hybridized carbons (Fsp3) is 0.238. The summed E-state index contributed by atoms with van der Waals surface area (Å²) in [6, 6.07) is 14.0. The molecule has 9 heteroatoms. The molecule has 2 atom stereocenters. The molecule has 0 fully saturated rings. The third kappa shape index (κ3) is 7.18. The fourth-order valence-corrected chi connectivity index (χ4v) is 2.89. The number of carbonyl (C=O) groups is 2. The van der Waals surface area contributed by atoms with Crippen LogP contribution < -0.4 is 15.5 Å². The Labute approximate surface area is 182 Å². The van der Waals surface area contributed by atoms with E-state index in [-0.39, 0.29) is 13.2 Å². The van der Waals surface area contributed by atoms with Crippen molar-refractivity contribution in [3.63, 3.8) is 0 Å². The van der Waals surface area contributed by atoms with Gasteiger partial charge in [0.15, 0.2) is 0 Å². The van der Waals surface area contributed by atoms with Crippen LogP contribution >= 0.6 is 15.9 Å². The zero-order valence-corrected chi connectivity index (χ0v) is 17.8. The Hall–Kier alpha value is -2.88. The standard InChI is InChI=1S/C21H23BrN2O6/c1-14(6-11-19(26)24-28)20(17-4-2-3-5-18(17)29-13-12-25)30-21(27)23-16-9-7-15(22)8-10-16/h2-11,14,20,25,28H,12-13H2,1H3,(H,23,27)(H,24,26)/b11-6+/t14-,20+/m1/s1. The van der Waals surface area contributed by atoms with Crippen LogP contribution in [0.25, 0.3) is 0 Å². The van der Waals surface area contributed by atoms with Gasteiger partial charge in [-0.3, -0.25) is 15.3 Å². The second kappa shape index (κ2) is 12.0. The van der Waals surface area contributed by atoms with Crippen molar-refractivity contribution in [2.24, 2.45) is 5.92 Å². The Morgan fingerprint density at radius 2 is 1.87 bits per heavy atom. The van der Waals surface area contributed by atoms with E-state index in [9.17, 15) is 9.59 Å². The summed E-state index contributed by atoms with van der Waals surface area (Å²) >= 11 is 3.33. The topological polar surface area (TPSA) is 117 Å². The molecule has 0 spiro atoms. The van der Waals surface area contributed by atoms with Gasteiger partial charge in [0.1, 0.15) is 18.5 Å². The highest BCUT2D eigenvalue weighted by molar-refractivity contribution is 9.10. The van der Waals surface area contributed by atoms with Crippen molar-refractivity contribution in [1.29, 1.82) is 0 Å². The van der Waals surface area contributed by atoms with Crippen LogP contribution in [0.3, 0.4) is 0 Å². The predicted octanol–water partition coefficient (Wildman–Crippen LogP) is 3.81. The van der Waals surface area contributed by atoms with E-state index in [0.717, 1.165) is 10.5 Å². The van der Waals surface area contributed by atoms with E-state index >= 15 is 0 Å². The molecule has 2 rings (SSSR count). The summed E-state index contributed by atoms with van der Waals surface area (Å²) in [5.74, 6) is -0.707. The molecular formula is C21H23BrN2O6. The number of rotatable bonds is 9. The first-order chi connectivity index (χ1) is 14.4. The highest BCUT2D eigenvalue weighted by Crippen LogP contribution is 2.34. The quantitative estimate of drug-likeness (QED) is 0.247. The summed E-state index contributed by atoms with van der Waals surface area (Å²) < 4.78 is 12.1. The Bertz CT molecular complexity index is 872. The second-order valence-electron chi connectivity index (χ2n) is 6.26. The molecule has 160 valence electrons. The van der Waals surface area contributed by atoms with Crippen LogP contribution in [0, 0.1) is 5.92 Å². The van der Waals surface area contributed by atoms with Gasteiger partial charge < -0.3 is 14.6 Å². The first-order valence-electron chi connectivity index (χ1n) is 9.12. The number of nitrogens with one attached hydrogen (secondary N) is 2. The van der Waals surface area contributed by atoms with E-state index in [0.29, 0.717) is 17.0 Å². The summed E-state index contributed by atoms with van der Waals surface area (Å²) in [6.07, 6.45) is 1.15. The Morgan fingerprint density at radius 3 is 2.53 bits per heavy atom.